The standard InChI is InChI=1S/C31H35N5O3.2ClH/c1-39-24-9-10-25-22(18-24)8-11-27(26(25)17-21-5-4-14-32-19-21)33-30(37)20-35-15-12-23(13-16-35)36-29-7-3-2-6-28(29)34-31(36)38;;/h2-7,9-10,14,18-19,23,26-27H,8,11-13,15-17,20H2,1H3,(H,33,37)(H,34,38);2*1H/t26-,27?;;/m0../s1. The van der Waals surface area contributed by atoms with Crippen molar-refractivity contribution in [1.29, 1.82) is 0 Å². The predicted molar refractivity (Wildman–Crippen MR) is 166 cm³/mol. The molecule has 1 saturated heterocycles. The zero-order valence-corrected chi connectivity index (χ0v) is 24.8. The fraction of sp³-hybridized carbons (Fsp3) is 0.387. The molecule has 2 aromatic heterocycles. The maximum absolute atomic E-state index is 13.3. The molecule has 2 N–H and O–H groups in total. The first-order valence-corrected chi connectivity index (χ1v) is 13.9. The van der Waals surface area contributed by atoms with Crippen molar-refractivity contribution in [2.45, 2.75) is 50.1 Å². The van der Waals surface area contributed by atoms with Crippen molar-refractivity contribution < 1.29 is 9.53 Å². The van der Waals surface area contributed by atoms with E-state index in [2.05, 4.69) is 38.4 Å². The molecule has 2 atom stereocenters. The highest BCUT2D eigenvalue weighted by molar-refractivity contribution is 5.85. The van der Waals surface area contributed by atoms with Crippen LogP contribution in [0, 0.1) is 0 Å². The number of likely N-dealkylation sites (tertiary alicyclic amines) is 1. The minimum absolute atomic E-state index is 0. The molecular weight excluding hydrogens is 561 g/mol. The van der Waals surface area contributed by atoms with Crippen LogP contribution in [-0.2, 0) is 17.6 Å². The van der Waals surface area contributed by atoms with Crippen LogP contribution in [0.1, 0.15) is 47.9 Å². The Morgan fingerprint density at radius 1 is 1.07 bits per heavy atom. The lowest BCUT2D eigenvalue weighted by Gasteiger charge is -2.36. The number of fused-ring (bicyclic) bond motifs is 2. The Morgan fingerprint density at radius 3 is 2.63 bits per heavy atom. The summed E-state index contributed by atoms with van der Waals surface area (Å²) < 4.78 is 7.36. The molecule has 0 spiro atoms. The third-order valence-electron chi connectivity index (χ3n) is 8.40. The molecule has 4 aromatic rings. The van der Waals surface area contributed by atoms with Gasteiger partial charge in [-0.3, -0.25) is 19.2 Å². The van der Waals surface area contributed by atoms with Crippen LogP contribution in [0.15, 0.2) is 71.8 Å². The number of piperidine rings is 1. The van der Waals surface area contributed by atoms with Crippen LogP contribution < -0.4 is 15.7 Å². The number of aromatic nitrogens is 3. The maximum atomic E-state index is 13.3. The number of methoxy groups -OCH3 is 1. The van der Waals surface area contributed by atoms with Crippen molar-refractivity contribution in [3.8, 4) is 5.75 Å². The van der Waals surface area contributed by atoms with Gasteiger partial charge in [-0.05, 0) is 79.1 Å². The molecular formula is C31H37Cl2N5O3. The van der Waals surface area contributed by atoms with E-state index in [1.54, 1.807) is 13.3 Å². The number of carbonyl (C=O) groups is 1. The summed E-state index contributed by atoms with van der Waals surface area (Å²) >= 11 is 0. The van der Waals surface area contributed by atoms with Crippen LogP contribution in [0.4, 0.5) is 0 Å². The third-order valence-corrected chi connectivity index (χ3v) is 8.40. The minimum atomic E-state index is -0.0535. The number of ether oxygens (including phenoxy) is 1. The normalized spacial score (nSPS) is 19.0. The summed E-state index contributed by atoms with van der Waals surface area (Å²) in [6, 6.07) is 18.4. The summed E-state index contributed by atoms with van der Waals surface area (Å²) in [4.78, 5) is 35.4. The van der Waals surface area contributed by atoms with Crippen molar-refractivity contribution in [2.24, 2.45) is 0 Å². The summed E-state index contributed by atoms with van der Waals surface area (Å²) in [6.45, 7) is 1.95. The van der Waals surface area contributed by atoms with Gasteiger partial charge in [0.2, 0.25) is 5.91 Å². The number of benzene rings is 2. The number of hydrogen-bond donors (Lipinski definition) is 2. The number of rotatable bonds is 7. The number of halogens is 2. The summed E-state index contributed by atoms with van der Waals surface area (Å²) in [5.74, 6) is 1.11. The zero-order chi connectivity index (χ0) is 26.8. The predicted octanol–water partition coefficient (Wildman–Crippen LogP) is 4.67. The molecule has 1 unspecified atom stereocenters. The van der Waals surface area contributed by atoms with Gasteiger partial charge in [0.05, 0.1) is 24.7 Å². The Bertz CT molecular complexity index is 1520. The van der Waals surface area contributed by atoms with E-state index in [9.17, 15) is 9.59 Å². The maximum Gasteiger partial charge on any atom is 0.326 e. The van der Waals surface area contributed by atoms with Crippen LogP contribution in [0.3, 0.4) is 0 Å². The van der Waals surface area contributed by atoms with Gasteiger partial charge in [-0.25, -0.2) is 4.79 Å². The van der Waals surface area contributed by atoms with E-state index in [0.29, 0.717) is 6.54 Å². The van der Waals surface area contributed by atoms with E-state index in [-0.39, 0.29) is 54.4 Å². The van der Waals surface area contributed by atoms with Gasteiger partial charge in [-0.15, -0.1) is 24.8 Å². The number of H-pyrrole nitrogens is 1. The molecule has 1 amide bonds. The van der Waals surface area contributed by atoms with E-state index in [1.807, 2.05) is 47.2 Å². The Kier molecular flexibility index (Phi) is 10.1. The van der Waals surface area contributed by atoms with Crippen LogP contribution in [-0.4, -0.2) is 58.1 Å². The second-order valence-corrected chi connectivity index (χ2v) is 10.8. The monoisotopic (exact) mass is 597 g/mol. The number of aromatic amines is 1. The van der Waals surface area contributed by atoms with Crippen molar-refractivity contribution in [1.82, 2.24) is 24.8 Å². The number of aryl methyl sites for hydroxylation is 1. The molecule has 0 bridgehead atoms. The van der Waals surface area contributed by atoms with E-state index < -0.39 is 0 Å². The lowest BCUT2D eigenvalue weighted by atomic mass is 9.76. The van der Waals surface area contributed by atoms with E-state index in [4.69, 9.17) is 4.74 Å². The molecule has 2 aliphatic rings. The Morgan fingerprint density at radius 2 is 1.88 bits per heavy atom. The second kappa shape index (κ2) is 13.6. The van der Waals surface area contributed by atoms with Crippen molar-refractivity contribution in [2.75, 3.05) is 26.7 Å². The fourth-order valence-corrected chi connectivity index (χ4v) is 6.44. The largest absolute Gasteiger partial charge is 0.497 e. The quantitative estimate of drug-likeness (QED) is 0.323. The lowest BCUT2D eigenvalue weighted by molar-refractivity contribution is -0.123. The molecule has 10 heteroatoms. The number of pyridine rings is 1. The molecule has 218 valence electrons. The zero-order valence-electron chi connectivity index (χ0n) is 23.1. The summed E-state index contributed by atoms with van der Waals surface area (Å²) in [7, 11) is 1.70. The van der Waals surface area contributed by atoms with Gasteiger partial charge in [-0.1, -0.05) is 24.3 Å². The van der Waals surface area contributed by atoms with Gasteiger partial charge < -0.3 is 15.0 Å². The molecule has 1 fully saturated rings. The fourth-order valence-electron chi connectivity index (χ4n) is 6.44. The highest BCUT2D eigenvalue weighted by Crippen LogP contribution is 2.36. The first kappa shape index (κ1) is 30.6. The summed E-state index contributed by atoms with van der Waals surface area (Å²) in [5, 5.41) is 3.39. The summed E-state index contributed by atoms with van der Waals surface area (Å²) in [6.07, 6.45) is 8.02. The number of carbonyl (C=O) groups excluding carboxylic acids is 1. The minimum Gasteiger partial charge on any atom is -0.497 e. The molecule has 41 heavy (non-hydrogen) atoms. The molecule has 8 nitrogen and oxygen atoms in total. The molecule has 1 aliphatic carbocycles. The number of para-hydroxylation sites is 2. The first-order chi connectivity index (χ1) is 19.1. The molecule has 0 radical (unpaired) electrons. The average Bonchev–Trinajstić information content (AvgIpc) is 3.30. The van der Waals surface area contributed by atoms with Crippen LogP contribution in [0.5, 0.6) is 5.75 Å². The number of nitrogens with one attached hydrogen (secondary N) is 2. The molecule has 2 aromatic carbocycles. The highest BCUT2D eigenvalue weighted by atomic mass is 35.5. The molecule has 3 heterocycles. The number of imidazole rings is 1. The van der Waals surface area contributed by atoms with Gasteiger partial charge in [0, 0.05) is 43.5 Å². The lowest BCUT2D eigenvalue weighted by Crippen LogP contribution is -2.48. The van der Waals surface area contributed by atoms with Crippen LogP contribution >= 0.6 is 24.8 Å². The molecule has 6 rings (SSSR count). The van der Waals surface area contributed by atoms with Crippen molar-refractivity contribution in [3.63, 3.8) is 0 Å². The van der Waals surface area contributed by atoms with Gasteiger partial charge in [0.1, 0.15) is 5.75 Å². The number of nitrogens with zero attached hydrogens (tertiary/aromatic N) is 3. The van der Waals surface area contributed by atoms with Crippen LogP contribution in [0.2, 0.25) is 0 Å². The molecule has 1 aliphatic heterocycles. The van der Waals surface area contributed by atoms with Gasteiger partial charge >= 0.3 is 5.69 Å². The van der Waals surface area contributed by atoms with Crippen molar-refractivity contribution >= 4 is 41.8 Å². The summed E-state index contributed by atoms with van der Waals surface area (Å²) in [5.41, 5.74) is 5.51. The number of amides is 1. The van der Waals surface area contributed by atoms with E-state index >= 15 is 0 Å². The van der Waals surface area contributed by atoms with Crippen LogP contribution in [0.25, 0.3) is 11.0 Å². The van der Waals surface area contributed by atoms with E-state index in [1.165, 1.54) is 16.7 Å². The van der Waals surface area contributed by atoms with Gasteiger partial charge in [0.25, 0.3) is 0 Å². The van der Waals surface area contributed by atoms with Crippen molar-refractivity contribution in [3.05, 3.63) is 94.2 Å². The van der Waals surface area contributed by atoms with E-state index in [0.717, 1.165) is 62.0 Å². The second-order valence-electron chi connectivity index (χ2n) is 10.8. The van der Waals surface area contributed by atoms with Gasteiger partial charge in [0.15, 0.2) is 0 Å². The SMILES string of the molecule is COc1ccc2c(c1)CCC(NC(=O)CN1CCC(n3c(=O)[nH]c4ccccc43)CC1)[C@H]2Cc1cccnc1.Cl.Cl. The Labute approximate surface area is 252 Å². The molecule has 0 saturated carbocycles. The Balaban J connectivity index is 0.00000194. The number of hydrogen-bond acceptors (Lipinski definition) is 5. The first-order valence-electron chi connectivity index (χ1n) is 13.9. The highest BCUT2D eigenvalue weighted by Gasteiger charge is 2.32. The Hall–Kier alpha value is -3.33. The topological polar surface area (TPSA) is 92.2 Å². The average molecular weight is 599 g/mol. The smallest absolute Gasteiger partial charge is 0.326 e. The van der Waals surface area contributed by atoms with Gasteiger partial charge in [-0.2, -0.15) is 0 Å². The third kappa shape index (κ3) is 6.61.